The Labute approximate surface area is 200 Å². The highest BCUT2D eigenvalue weighted by Crippen LogP contribution is 2.09. The molecule has 5 atom stereocenters. The van der Waals surface area contributed by atoms with Gasteiger partial charge in [0.25, 0.3) is 0 Å². The summed E-state index contributed by atoms with van der Waals surface area (Å²) in [5, 5.41) is 26.7. The lowest BCUT2D eigenvalue weighted by molar-refractivity contribution is -0.142. The molecule has 3 amide bonds. The number of rotatable bonds is 17. The number of hydrogen-bond acceptors (Lipinski definition) is 8. The predicted octanol–water partition coefficient (Wildman–Crippen LogP) is -0.838. The number of unbranched alkanes of at least 4 members (excludes halogenated alkanes) is 1. The van der Waals surface area contributed by atoms with Gasteiger partial charge in [0.05, 0.1) is 6.10 Å². The number of amides is 3. The Kier molecular flexibility index (Phi) is 15.7. The fraction of sp³-hybridized carbons (Fsp3) is 0.810. The number of carboxylic acid groups (broad SMARTS) is 1. The Bertz CT molecular complexity index is 634. The van der Waals surface area contributed by atoms with Gasteiger partial charge in [0.1, 0.15) is 24.2 Å². The van der Waals surface area contributed by atoms with Crippen molar-refractivity contribution < 1.29 is 29.4 Å². The summed E-state index contributed by atoms with van der Waals surface area (Å²) in [4.78, 5) is 49.6. The van der Waals surface area contributed by atoms with Crippen LogP contribution in [-0.4, -0.2) is 82.7 Å². The van der Waals surface area contributed by atoms with Crippen molar-refractivity contribution in [2.75, 3.05) is 18.6 Å². The van der Waals surface area contributed by atoms with Gasteiger partial charge >= 0.3 is 5.97 Å². The van der Waals surface area contributed by atoms with Crippen LogP contribution >= 0.6 is 11.8 Å². The Morgan fingerprint density at radius 1 is 0.879 bits per heavy atom. The highest BCUT2D eigenvalue weighted by atomic mass is 32.2. The fourth-order valence-corrected chi connectivity index (χ4v) is 3.46. The molecule has 11 nitrogen and oxygen atoms in total. The van der Waals surface area contributed by atoms with Crippen LogP contribution in [0.1, 0.15) is 52.9 Å². The maximum Gasteiger partial charge on any atom is 0.326 e. The van der Waals surface area contributed by atoms with Crippen LogP contribution in [0.2, 0.25) is 0 Å². The zero-order valence-corrected chi connectivity index (χ0v) is 20.8. The second kappa shape index (κ2) is 16.7. The minimum atomic E-state index is -1.20. The summed E-state index contributed by atoms with van der Waals surface area (Å²) in [5.74, 6) is -2.42. The maximum atomic E-state index is 13.0. The minimum absolute atomic E-state index is 0.0428. The fourth-order valence-electron chi connectivity index (χ4n) is 2.99. The van der Waals surface area contributed by atoms with Crippen LogP contribution in [0, 0.1) is 5.92 Å². The number of nitrogens with two attached hydrogens (primary N) is 2. The summed E-state index contributed by atoms with van der Waals surface area (Å²) in [7, 11) is 0. The topological polar surface area (TPSA) is 197 Å². The molecule has 0 aliphatic rings. The Morgan fingerprint density at radius 3 is 1.91 bits per heavy atom. The third kappa shape index (κ3) is 12.8. The molecule has 33 heavy (non-hydrogen) atoms. The molecule has 0 spiro atoms. The number of aliphatic carboxylic acids is 1. The largest absolute Gasteiger partial charge is 0.480 e. The van der Waals surface area contributed by atoms with E-state index in [1.54, 1.807) is 0 Å². The number of carbonyl (C=O) groups is 4. The van der Waals surface area contributed by atoms with Crippen LogP contribution in [0.5, 0.6) is 0 Å². The number of thioether (sulfide) groups is 1. The number of carboxylic acids is 1. The summed E-state index contributed by atoms with van der Waals surface area (Å²) < 4.78 is 0. The first-order valence-electron chi connectivity index (χ1n) is 11.2. The first kappa shape index (κ1) is 31.1. The van der Waals surface area contributed by atoms with Gasteiger partial charge in [-0.05, 0) is 63.5 Å². The van der Waals surface area contributed by atoms with Gasteiger partial charge in [-0.2, -0.15) is 11.8 Å². The van der Waals surface area contributed by atoms with E-state index in [4.69, 9.17) is 11.5 Å². The molecule has 0 fully saturated rings. The first-order chi connectivity index (χ1) is 15.4. The van der Waals surface area contributed by atoms with Crippen LogP contribution in [0.15, 0.2) is 0 Å². The highest BCUT2D eigenvalue weighted by Gasteiger charge is 2.31. The zero-order chi connectivity index (χ0) is 25.6. The van der Waals surface area contributed by atoms with E-state index in [1.807, 2.05) is 20.1 Å². The average molecular weight is 492 g/mol. The lowest BCUT2D eigenvalue weighted by Crippen LogP contribution is -2.58. The number of aliphatic hydroxyl groups is 1. The van der Waals surface area contributed by atoms with E-state index in [-0.39, 0.29) is 25.2 Å². The average Bonchev–Trinajstić information content (AvgIpc) is 2.73. The van der Waals surface area contributed by atoms with E-state index in [2.05, 4.69) is 16.0 Å². The van der Waals surface area contributed by atoms with E-state index < -0.39 is 54.0 Å². The van der Waals surface area contributed by atoms with Crippen molar-refractivity contribution in [3.63, 3.8) is 0 Å². The number of carbonyl (C=O) groups excluding carboxylic acids is 3. The SMILES string of the molecule is CSCCC(NC(=O)C(CC(C)C)NC(=O)C(N)C(C)O)C(=O)NC(CCCCN)C(=O)O. The van der Waals surface area contributed by atoms with E-state index in [0.717, 1.165) is 0 Å². The van der Waals surface area contributed by atoms with Gasteiger partial charge in [-0.25, -0.2) is 4.79 Å². The van der Waals surface area contributed by atoms with Gasteiger partial charge in [-0.15, -0.1) is 0 Å². The Hall–Kier alpha value is -1.89. The molecule has 0 aliphatic heterocycles. The monoisotopic (exact) mass is 491 g/mol. The standard InChI is InChI=1S/C21H41N5O6S/c1-12(2)11-16(26-20(30)17(23)13(3)27)19(29)24-14(8-10-33-4)18(28)25-15(21(31)32)7-5-6-9-22/h12-17,27H,5-11,22-23H2,1-4H3,(H,24,29)(H,25,28)(H,26,30)(H,31,32). The molecule has 192 valence electrons. The van der Waals surface area contributed by atoms with Gasteiger partial charge in [-0.1, -0.05) is 13.8 Å². The van der Waals surface area contributed by atoms with Crippen LogP contribution in [0.25, 0.3) is 0 Å². The molecule has 5 unspecified atom stereocenters. The third-order valence-corrected chi connectivity index (χ3v) is 5.61. The van der Waals surface area contributed by atoms with Crippen molar-refractivity contribution in [2.24, 2.45) is 17.4 Å². The molecule has 0 aromatic heterocycles. The van der Waals surface area contributed by atoms with Crippen molar-refractivity contribution in [2.45, 2.75) is 83.1 Å². The van der Waals surface area contributed by atoms with Crippen LogP contribution < -0.4 is 27.4 Å². The molecule has 9 N–H and O–H groups in total. The Balaban J connectivity index is 5.41. The smallest absolute Gasteiger partial charge is 0.326 e. The number of aliphatic hydroxyl groups excluding tert-OH is 1. The number of hydrogen-bond donors (Lipinski definition) is 7. The van der Waals surface area contributed by atoms with E-state index >= 15 is 0 Å². The Morgan fingerprint density at radius 2 is 1.42 bits per heavy atom. The minimum Gasteiger partial charge on any atom is -0.480 e. The van der Waals surface area contributed by atoms with Crippen molar-refractivity contribution in [3.05, 3.63) is 0 Å². The summed E-state index contributed by atoms with van der Waals surface area (Å²) in [6.07, 6.45) is 2.73. The molecular formula is C21H41N5O6S. The van der Waals surface area contributed by atoms with Crippen LogP contribution in [0.4, 0.5) is 0 Å². The lowest BCUT2D eigenvalue weighted by Gasteiger charge is -2.26. The molecular weight excluding hydrogens is 450 g/mol. The van der Waals surface area contributed by atoms with Crippen LogP contribution in [-0.2, 0) is 19.2 Å². The third-order valence-electron chi connectivity index (χ3n) is 4.97. The first-order valence-corrected chi connectivity index (χ1v) is 12.6. The molecule has 0 saturated heterocycles. The van der Waals surface area contributed by atoms with Crippen molar-refractivity contribution in [1.82, 2.24) is 16.0 Å². The van der Waals surface area contributed by atoms with Gasteiger partial charge in [0.15, 0.2) is 0 Å². The zero-order valence-electron chi connectivity index (χ0n) is 20.0. The molecule has 0 saturated carbocycles. The van der Waals surface area contributed by atoms with E-state index in [1.165, 1.54) is 18.7 Å². The molecule has 0 aromatic carbocycles. The summed E-state index contributed by atoms with van der Waals surface area (Å²) in [5.41, 5.74) is 11.1. The molecule has 0 aliphatic carbocycles. The van der Waals surface area contributed by atoms with E-state index in [9.17, 15) is 29.4 Å². The summed E-state index contributed by atoms with van der Waals surface area (Å²) >= 11 is 1.48. The summed E-state index contributed by atoms with van der Waals surface area (Å²) in [6, 6.07) is -4.23. The molecule has 0 bridgehead atoms. The maximum absolute atomic E-state index is 13.0. The van der Waals surface area contributed by atoms with Gasteiger partial charge in [0.2, 0.25) is 17.7 Å². The second-order valence-corrected chi connectivity index (χ2v) is 9.47. The predicted molar refractivity (Wildman–Crippen MR) is 128 cm³/mol. The quantitative estimate of drug-likeness (QED) is 0.127. The van der Waals surface area contributed by atoms with Crippen LogP contribution in [0.3, 0.4) is 0 Å². The normalized spacial score (nSPS) is 15.8. The molecule has 0 heterocycles. The molecule has 0 rings (SSSR count). The van der Waals surface area contributed by atoms with Crippen molar-refractivity contribution in [1.29, 1.82) is 0 Å². The van der Waals surface area contributed by atoms with E-state index in [0.29, 0.717) is 25.1 Å². The molecule has 12 heteroatoms. The second-order valence-electron chi connectivity index (χ2n) is 8.48. The van der Waals surface area contributed by atoms with Gasteiger partial charge in [0, 0.05) is 0 Å². The lowest BCUT2D eigenvalue weighted by atomic mass is 10.0. The molecule has 0 aromatic rings. The summed E-state index contributed by atoms with van der Waals surface area (Å²) in [6.45, 7) is 5.54. The highest BCUT2D eigenvalue weighted by molar-refractivity contribution is 7.98. The van der Waals surface area contributed by atoms with Crippen molar-refractivity contribution >= 4 is 35.5 Å². The van der Waals surface area contributed by atoms with Crippen molar-refractivity contribution in [3.8, 4) is 0 Å². The van der Waals surface area contributed by atoms with Gasteiger partial charge < -0.3 is 37.6 Å². The molecule has 0 radical (unpaired) electrons. The van der Waals surface area contributed by atoms with Gasteiger partial charge in [-0.3, -0.25) is 14.4 Å². The number of nitrogens with one attached hydrogen (secondary N) is 3.